The quantitative estimate of drug-likeness (QED) is 0.193. The first kappa shape index (κ1) is 34.0. The molecule has 7 heteroatoms. The van der Waals surface area contributed by atoms with Crippen LogP contribution in [0.5, 0.6) is 0 Å². The van der Waals surface area contributed by atoms with E-state index in [9.17, 15) is 4.79 Å². The Morgan fingerprint density at radius 2 is 1.95 bits per heavy atom. The summed E-state index contributed by atoms with van der Waals surface area (Å²) < 4.78 is 0. The largest absolute Gasteiger partial charge is 0.398 e. The highest BCUT2D eigenvalue weighted by Crippen LogP contribution is 2.28. The molecular weight excluding hydrogens is 521 g/mol. The molecular formula is C32H44N4OS2. The summed E-state index contributed by atoms with van der Waals surface area (Å²) in [6, 6.07) is 15.9. The lowest BCUT2D eigenvalue weighted by molar-refractivity contribution is 0.0733. The van der Waals surface area contributed by atoms with E-state index < -0.39 is 0 Å². The fourth-order valence-corrected chi connectivity index (χ4v) is 4.21. The highest BCUT2D eigenvalue weighted by atomic mass is 32.2. The van der Waals surface area contributed by atoms with Crippen LogP contribution in [0.4, 0.5) is 5.69 Å². The predicted molar refractivity (Wildman–Crippen MR) is 176 cm³/mol. The van der Waals surface area contributed by atoms with Crippen LogP contribution in [0.25, 0.3) is 0 Å². The molecule has 2 N–H and O–H groups in total. The van der Waals surface area contributed by atoms with Crippen LogP contribution in [0.15, 0.2) is 98.9 Å². The fourth-order valence-electron chi connectivity index (χ4n) is 3.86. The highest BCUT2D eigenvalue weighted by Gasteiger charge is 2.33. The number of nitrogen functional groups attached to an aromatic ring is 1. The number of amides is 1. The summed E-state index contributed by atoms with van der Waals surface area (Å²) in [6.45, 7) is 12.4. The number of nitrogens with zero attached hydrogens (tertiary/aromatic N) is 3. The van der Waals surface area contributed by atoms with Crippen molar-refractivity contribution in [3.8, 4) is 0 Å². The van der Waals surface area contributed by atoms with E-state index in [4.69, 9.17) is 5.73 Å². The maximum Gasteiger partial charge on any atom is 0.254 e. The molecule has 1 amide bonds. The summed E-state index contributed by atoms with van der Waals surface area (Å²) >= 11 is 5.88. The Labute approximate surface area is 245 Å². The number of thiol groups is 1. The molecule has 1 saturated heterocycles. The standard InChI is InChI=1S/C19H22N2OS.C9H15N.C4H7NS/c1-13-9-16(10-14-5-3-2-4-6-14)21(12-13)19(22)15-7-8-18(23)17(20)11-15;1-4-7-10-8-6-9(3)5-2;1-5-3-4-6-2/h2-8,11,13,16,23H,9-10,12,20H2,1H3;4,6-8H,5H2,1-3H3;3-4H,1H2,2H3/b;7-4-,9-6+,10-8+;4-3-. The van der Waals surface area contributed by atoms with E-state index in [2.05, 4.69) is 62.2 Å². The number of carbonyl (C=O) groups is 1. The summed E-state index contributed by atoms with van der Waals surface area (Å²) in [7, 11) is 0. The van der Waals surface area contributed by atoms with E-state index >= 15 is 0 Å². The molecule has 1 fully saturated rings. The zero-order chi connectivity index (χ0) is 29.0. The molecule has 0 bridgehead atoms. The van der Waals surface area contributed by atoms with Crippen LogP contribution in [0.3, 0.4) is 0 Å². The van der Waals surface area contributed by atoms with Crippen molar-refractivity contribution in [2.24, 2.45) is 15.9 Å². The number of carbonyl (C=O) groups excluding carboxylic acids is 1. The van der Waals surface area contributed by atoms with Gasteiger partial charge in [-0.25, -0.2) is 0 Å². The van der Waals surface area contributed by atoms with Crippen molar-refractivity contribution < 1.29 is 4.79 Å². The molecule has 0 aliphatic carbocycles. The van der Waals surface area contributed by atoms with E-state index in [-0.39, 0.29) is 11.9 Å². The first-order valence-electron chi connectivity index (χ1n) is 13.1. The molecule has 39 heavy (non-hydrogen) atoms. The Hall–Kier alpha value is -3.03. The molecule has 0 radical (unpaired) electrons. The molecule has 0 aromatic heterocycles. The molecule has 0 saturated carbocycles. The zero-order valence-electron chi connectivity index (χ0n) is 24.0. The summed E-state index contributed by atoms with van der Waals surface area (Å²) in [5, 5.41) is 1.87. The Morgan fingerprint density at radius 3 is 2.51 bits per heavy atom. The van der Waals surface area contributed by atoms with Gasteiger partial charge in [-0.3, -0.25) is 14.8 Å². The second kappa shape index (κ2) is 20.0. The van der Waals surface area contributed by atoms with Crippen molar-refractivity contribution in [1.82, 2.24) is 4.90 Å². The summed E-state index contributed by atoms with van der Waals surface area (Å²) in [4.78, 5) is 23.1. The van der Waals surface area contributed by atoms with Gasteiger partial charge < -0.3 is 10.6 Å². The molecule has 2 aromatic carbocycles. The number of benzene rings is 2. The Kier molecular flexibility index (Phi) is 17.4. The van der Waals surface area contributed by atoms with Gasteiger partial charge in [0.15, 0.2) is 0 Å². The van der Waals surface area contributed by atoms with Crippen LogP contribution in [-0.4, -0.2) is 42.6 Å². The third-order valence-electron chi connectivity index (χ3n) is 6.01. The van der Waals surface area contributed by atoms with Crippen molar-refractivity contribution in [3.63, 3.8) is 0 Å². The van der Waals surface area contributed by atoms with Crippen LogP contribution in [0, 0.1) is 5.92 Å². The smallest absolute Gasteiger partial charge is 0.254 e. The number of likely N-dealkylation sites (tertiary alicyclic amines) is 1. The number of nitrogens with two attached hydrogens (primary N) is 1. The van der Waals surface area contributed by atoms with Crippen LogP contribution in [0.2, 0.25) is 0 Å². The van der Waals surface area contributed by atoms with E-state index in [1.54, 1.807) is 36.3 Å². The van der Waals surface area contributed by atoms with Gasteiger partial charge in [-0.15, -0.1) is 24.4 Å². The summed E-state index contributed by atoms with van der Waals surface area (Å²) in [5.41, 5.74) is 9.72. The third-order valence-corrected chi connectivity index (χ3v) is 6.81. The van der Waals surface area contributed by atoms with Gasteiger partial charge in [-0.2, -0.15) is 0 Å². The van der Waals surface area contributed by atoms with Gasteiger partial charge in [0.05, 0.1) is 0 Å². The van der Waals surface area contributed by atoms with Crippen molar-refractivity contribution in [2.45, 2.75) is 57.9 Å². The number of allylic oxidation sites excluding steroid dienone is 3. The minimum Gasteiger partial charge on any atom is -0.398 e. The number of thioether (sulfide) groups is 1. The van der Waals surface area contributed by atoms with Gasteiger partial charge >= 0.3 is 0 Å². The maximum atomic E-state index is 12.9. The molecule has 1 aliphatic rings. The van der Waals surface area contributed by atoms with Gasteiger partial charge in [0.2, 0.25) is 0 Å². The zero-order valence-corrected chi connectivity index (χ0v) is 25.7. The second-order valence-electron chi connectivity index (χ2n) is 9.27. The second-order valence-corrected chi connectivity index (χ2v) is 10.5. The normalized spacial score (nSPS) is 17.2. The molecule has 1 heterocycles. The lowest BCUT2D eigenvalue weighted by atomic mass is 10.0. The van der Waals surface area contributed by atoms with Crippen LogP contribution in [0.1, 0.15) is 56.5 Å². The first-order valence-corrected chi connectivity index (χ1v) is 14.9. The summed E-state index contributed by atoms with van der Waals surface area (Å²) in [5.74, 6) is 0.587. The fraction of sp³-hybridized carbons (Fsp3) is 0.344. The lowest BCUT2D eigenvalue weighted by Crippen LogP contribution is -2.37. The van der Waals surface area contributed by atoms with Crippen LogP contribution in [-0.2, 0) is 6.42 Å². The molecule has 2 aromatic rings. The van der Waals surface area contributed by atoms with Crippen molar-refractivity contribution in [2.75, 3.05) is 18.5 Å². The SMILES string of the molecule is C=N/C=C\SC.CC1CC(Cc2ccccc2)N(C(=O)c2ccc(S)c(N)c2)C1.C\C=C/N=C/C=C(\C)CC. The third kappa shape index (κ3) is 13.5. The van der Waals surface area contributed by atoms with E-state index in [1.165, 1.54) is 11.1 Å². The van der Waals surface area contributed by atoms with Gasteiger partial charge in [0.1, 0.15) is 0 Å². The predicted octanol–water partition coefficient (Wildman–Crippen LogP) is 8.12. The monoisotopic (exact) mass is 564 g/mol. The summed E-state index contributed by atoms with van der Waals surface area (Å²) in [6.07, 6.45) is 14.2. The first-order chi connectivity index (χ1) is 18.8. The highest BCUT2D eigenvalue weighted by molar-refractivity contribution is 8.01. The average Bonchev–Trinajstić information content (AvgIpc) is 3.31. The Morgan fingerprint density at radius 1 is 1.23 bits per heavy atom. The van der Waals surface area contributed by atoms with Gasteiger partial charge in [-0.05, 0) is 87.2 Å². The molecule has 2 atom stereocenters. The van der Waals surface area contributed by atoms with Crippen LogP contribution >= 0.6 is 24.4 Å². The van der Waals surface area contributed by atoms with E-state index in [1.807, 2.05) is 66.1 Å². The minimum absolute atomic E-state index is 0.0651. The number of anilines is 1. The maximum absolute atomic E-state index is 12.9. The lowest BCUT2D eigenvalue weighted by Gasteiger charge is -2.25. The van der Waals surface area contributed by atoms with Gasteiger partial charge in [0, 0.05) is 47.3 Å². The average molecular weight is 565 g/mol. The topological polar surface area (TPSA) is 71.0 Å². The van der Waals surface area contributed by atoms with Gasteiger partial charge in [0.25, 0.3) is 5.91 Å². The van der Waals surface area contributed by atoms with Crippen molar-refractivity contribution in [1.29, 1.82) is 0 Å². The molecule has 0 spiro atoms. The van der Waals surface area contributed by atoms with Gasteiger partial charge in [-0.1, -0.05) is 55.8 Å². The van der Waals surface area contributed by atoms with E-state index in [0.717, 1.165) is 25.8 Å². The number of hydrogen-bond donors (Lipinski definition) is 2. The number of rotatable bonds is 8. The Bertz CT molecular complexity index is 1130. The molecule has 1 aliphatic heterocycles. The molecule has 210 valence electrons. The van der Waals surface area contributed by atoms with Crippen molar-refractivity contribution in [3.05, 3.63) is 95.2 Å². The number of aliphatic imine (C=N–C) groups is 2. The molecule has 2 unspecified atom stereocenters. The van der Waals surface area contributed by atoms with Crippen LogP contribution < -0.4 is 5.73 Å². The molecule has 5 nitrogen and oxygen atoms in total. The Balaban J connectivity index is 0.000000395. The molecule has 3 rings (SSSR count). The number of hydrogen-bond acceptors (Lipinski definition) is 6. The van der Waals surface area contributed by atoms with E-state index in [0.29, 0.717) is 22.1 Å². The minimum atomic E-state index is 0.0651. The van der Waals surface area contributed by atoms with Crippen molar-refractivity contribution >= 4 is 48.9 Å².